The molecule has 5 rings (SSSR count). The Morgan fingerprint density at radius 1 is 1.32 bits per heavy atom. The second-order valence-corrected chi connectivity index (χ2v) is 7.51. The van der Waals surface area contributed by atoms with Gasteiger partial charge in [0.15, 0.2) is 0 Å². The first-order chi connectivity index (χ1) is 13.6. The molecule has 1 amide bonds. The average molecular weight is 380 g/mol. The largest absolute Gasteiger partial charge is 0.491 e. The lowest BCUT2D eigenvalue weighted by Crippen LogP contribution is -2.13. The van der Waals surface area contributed by atoms with E-state index < -0.39 is 11.7 Å². The van der Waals surface area contributed by atoms with Gasteiger partial charge in [0.2, 0.25) is 0 Å². The number of imidazole rings is 1. The quantitative estimate of drug-likeness (QED) is 0.709. The fraction of sp³-hybridized carbons (Fsp3) is 0.333. The minimum absolute atomic E-state index is 0.119. The highest BCUT2D eigenvalue weighted by atomic mass is 19.1. The molecular formula is C21H21FN4O2. The smallest absolute Gasteiger partial charge is 0.251 e. The molecule has 0 saturated heterocycles. The predicted octanol–water partition coefficient (Wildman–Crippen LogP) is 3.55. The molecule has 144 valence electrons. The molecule has 1 aliphatic heterocycles. The lowest BCUT2D eigenvalue weighted by molar-refractivity contribution is 0.0996. The number of aromatic nitrogens is 2. The molecule has 2 aromatic carbocycles. The van der Waals surface area contributed by atoms with E-state index in [1.165, 1.54) is 25.0 Å². The summed E-state index contributed by atoms with van der Waals surface area (Å²) in [5, 5.41) is 3.47. The summed E-state index contributed by atoms with van der Waals surface area (Å²) in [5.74, 6) is 0.798. The number of nitrogens with one attached hydrogen (secondary N) is 1. The summed E-state index contributed by atoms with van der Waals surface area (Å²) < 4.78 is 22.4. The van der Waals surface area contributed by atoms with Gasteiger partial charge in [0, 0.05) is 30.4 Å². The van der Waals surface area contributed by atoms with Crippen LogP contribution in [0.1, 0.15) is 29.6 Å². The third-order valence-corrected chi connectivity index (χ3v) is 5.37. The van der Waals surface area contributed by atoms with Crippen LogP contribution >= 0.6 is 0 Å². The summed E-state index contributed by atoms with van der Waals surface area (Å²) in [6, 6.07) is 8.46. The van der Waals surface area contributed by atoms with Gasteiger partial charge >= 0.3 is 0 Å². The maximum Gasteiger partial charge on any atom is 0.251 e. The normalized spacial score (nSPS) is 15.9. The van der Waals surface area contributed by atoms with Gasteiger partial charge in [-0.1, -0.05) is 6.07 Å². The molecule has 7 heteroatoms. The van der Waals surface area contributed by atoms with E-state index in [4.69, 9.17) is 15.5 Å². The van der Waals surface area contributed by atoms with Crippen LogP contribution < -0.4 is 15.8 Å². The molecule has 0 unspecified atom stereocenters. The second kappa shape index (κ2) is 6.51. The van der Waals surface area contributed by atoms with Gasteiger partial charge in [-0.2, -0.15) is 0 Å². The molecule has 2 aliphatic rings. The molecule has 3 N–H and O–H groups in total. The first-order valence-corrected chi connectivity index (χ1v) is 9.61. The van der Waals surface area contributed by atoms with Crippen molar-refractivity contribution in [3.05, 3.63) is 41.7 Å². The van der Waals surface area contributed by atoms with Crippen LogP contribution in [0.4, 0.5) is 10.1 Å². The number of nitrogens with two attached hydrogens (primary N) is 1. The minimum Gasteiger partial charge on any atom is -0.491 e. The number of amides is 1. The molecule has 0 bridgehead atoms. The van der Waals surface area contributed by atoms with Crippen molar-refractivity contribution in [2.45, 2.75) is 25.8 Å². The van der Waals surface area contributed by atoms with Crippen molar-refractivity contribution in [1.82, 2.24) is 9.55 Å². The Morgan fingerprint density at radius 3 is 2.93 bits per heavy atom. The van der Waals surface area contributed by atoms with Crippen LogP contribution in [0.3, 0.4) is 0 Å². The van der Waals surface area contributed by atoms with E-state index in [1.807, 2.05) is 12.1 Å². The summed E-state index contributed by atoms with van der Waals surface area (Å²) in [7, 11) is 0. The summed E-state index contributed by atoms with van der Waals surface area (Å²) in [5.41, 5.74) is 8.43. The number of carbonyl (C=O) groups excluding carboxylic acids is 1. The first kappa shape index (κ1) is 17.0. The van der Waals surface area contributed by atoms with Crippen molar-refractivity contribution < 1.29 is 13.9 Å². The van der Waals surface area contributed by atoms with Gasteiger partial charge in [-0.15, -0.1) is 0 Å². The van der Waals surface area contributed by atoms with Crippen molar-refractivity contribution >= 4 is 22.6 Å². The first-order valence-electron chi connectivity index (χ1n) is 9.61. The van der Waals surface area contributed by atoms with Crippen LogP contribution in [-0.4, -0.2) is 28.6 Å². The minimum atomic E-state index is -0.780. The summed E-state index contributed by atoms with van der Waals surface area (Å²) in [6.07, 6.45) is 3.40. The SMILES string of the molecule is NC(=O)c1ccc(-c2nc3cc(NCC4CC4)cc4c3n2CCCO4)cc1F. The number of aryl methyl sites for hydroxylation is 1. The molecule has 2 heterocycles. The van der Waals surface area contributed by atoms with E-state index in [-0.39, 0.29) is 5.56 Å². The molecule has 1 aliphatic carbocycles. The number of benzene rings is 2. The zero-order valence-corrected chi connectivity index (χ0v) is 15.4. The summed E-state index contributed by atoms with van der Waals surface area (Å²) in [6.45, 7) is 2.31. The summed E-state index contributed by atoms with van der Waals surface area (Å²) in [4.78, 5) is 16.1. The number of rotatable bonds is 5. The third-order valence-electron chi connectivity index (χ3n) is 5.37. The van der Waals surface area contributed by atoms with E-state index in [2.05, 4.69) is 9.88 Å². The number of ether oxygens (including phenoxy) is 1. The molecule has 0 spiro atoms. The van der Waals surface area contributed by atoms with Gasteiger partial charge in [-0.3, -0.25) is 4.79 Å². The van der Waals surface area contributed by atoms with Gasteiger partial charge in [-0.05, 0) is 43.4 Å². The number of nitrogens with zero attached hydrogens (tertiary/aromatic N) is 2. The maximum absolute atomic E-state index is 14.3. The molecule has 1 fully saturated rings. The highest BCUT2D eigenvalue weighted by Crippen LogP contribution is 2.37. The van der Waals surface area contributed by atoms with Gasteiger partial charge in [0.05, 0.1) is 17.7 Å². The Hall–Kier alpha value is -3.09. The van der Waals surface area contributed by atoms with E-state index in [0.717, 1.165) is 47.9 Å². The van der Waals surface area contributed by atoms with Gasteiger partial charge < -0.3 is 20.4 Å². The van der Waals surface area contributed by atoms with E-state index >= 15 is 0 Å². The average Bonchev–Trinajstić information content (AvgIpc) is 3.45. The molecule has 0 atom stereocenters. The Morgan fingerprint density at radius 2 is 2.18 bits per heavy atom. The molecule has 1 saturated carbocycles. The number of carbonyl (C=O) groups is 1. The van der Waals surface area contributed by atoms with Crippen molar-refractivity contribution in [2.24, 2.45) is 11.7 Å². The Balaban J connectivity index is 1.61. The maximum atomic E-state index is 14.3. The lowest BCUT2D eigenvalue weighted by Gasteiger charge is -2.10. The number of halogens is 1. The van der Waals surface area contributed by atoms with E-state index in [1.54, 1.807) is 6.07 Å². The fourth-order valence-corrected chi connectivity index (χ4v) is 3.72. The van der Waals surface area contributed by atoms with Crippen molar-refractivity contribution in [3.63, 3.8) is 0 Å². The Bertz CT molecular complexity index is 1090. The third kappa shape index (κ3) is 2.96. The van der Waals surface area contributed by atoms with Gasteiger partial charge in [-0.25, -0.2) is 9.37 Å². The molecule has 0 radical (unpaired) electrons. The van der Waals surface area contributed by atoms with Gasteiger partial charge in [0.1, 0.15) is 22.9 Å². The molecular weight excluding hydrogens is 359 g/mol. The van der Waals surface area contributed by atoms with E-state index in [9.17, 15) is 9.18 Å². The monoisotopic (exact) mass is 380 g/mol. The lowest BCUT2D eigenvalue weighted by atomic mass is 10.1. The predicted molar refractivity (Wildman–Crippen MR) is 105 cm³/mol. The van der Waals surface area contributed by atoms with Crippen LogP contribution in [0.5, 0.6) is 5.75 Å². The zero-order valence-electron chi connectivity index (χ0n) is 15.4. The van der Waals surface area contributed by atoms with Crippen molar-refractivity contribution in [3.8, 4) is 17.1 Å². The zero-order chi connectivity index (χ0) is 19.3. The molecule has 6 nitrogen and oxygen atoms in total. The van der Waals surface area contributed by atoms with Crippen molar-refractivity contribution in [1.29, 1.82) is 0 Å². The van der Waals surface area contributed by atoms with Crippen LogP contribution in [0.15, 0.2) is 30.3 Å². The number of hydrogen-bond donors (Lipinski definition) is 2. The molecule has 1 aromatic heterocycles. The van der Waals surface area contributed by atoms with Gasteiger partial charge in [0.25, 0.3) is 5.91 Å². The highest BCUT2D eigenvalue weighted by molar-refractivity contribution is 5.94. The number of anilines is 1. The Kier molecular flexibility index (Phi) is 3.96. The van der Waals surface area contributed by atoms with E-state index in [0.29, 0.717) is 18.0 Å². The highest BCUT2D eigenvalue weighted by Gasteiger charge is 2.23. The van der Waals surface area contributed by atoms with Crippen LogP contribution in [-0.2, 0) is 6.54 Å². The van der Waals surface area contributed by atoms with Crippen molar-refractivity contribution in [2.75, 3.05) is 18.5 Å². The molecule has 3 aromatic rings. The standard InChI is InChI=1S/C21H21FN4O2/c22-16-8-13(4-5-15(16)20(23)27)21-25-17-9-14(24-11-12-2-3-12)10-18-19(17)26(21)6-1-7-28-18/h4-5,8-10,12,24H,1-3,6-7,11H2,(H2,23,27). The number of primary amides is 1. The van der Waals surface area contributed by atoms with Crippen LogP contribution in [0.25, 0.3) is 22.4 Å². The Labute approximate surface area is 161 Å². The number of hydrogen-bond acceptors (Lipinski definition) is 4. The summed E-state index contributed by atoms with van der Waals surface area (Å²) >= 11 is 0. The molecule has 28 heavy (non-hydrogen) atoms. The van der Waals surface area contributed by atoms with Crippen LogP contribution in [0, 0.1) is 11.7 Å². The second-order valence-electron chi connectivity index (χ2n) is 7.51. The van der Waals surface area contributed by atoms with Crippen LogP contribution in [0.2, 0.25) is 0 Å². The topological polar surface area (TPSA) is 82.2 Å². The fourth-order valence-electron chi connectivity index (χ4n) is 3.72.